The Hall–Kier alpha value is 0.910. The average molecular weight is 209 g/mol. The van der Waals surface area contributed by atoms with Crippen LogP contribution >= 0.6 is 25.2 Å². The van der Waals surface area contributed by atoms with Crippen molar-refractivity contribution in [3.8, 4) is 0 Å². The van der Waals surface area contributed by atoms with Gasteiger partial charge in [0.25, 0.3) is 0 Å². The molecule has 0 amide bonds. The van der Waals surface area contributed by atoms with Crippen molar-refractivity contribution in [1.82, 2.24) is 0 Å². The smallest absolute Gasteiger partial charge is 0.0154 e. The second-order valence-corrected chi connectivity index (χ2v) is 5.41. The van der Waals surface area contributed by atoms with Gasteiger partial charge in [-0.05, 0) is 30.8 Å². The number of alkyl halides is 1. The van der Waals surface area contributed by atoms with Crippen molar-refractivity contribution in [2.75, 3.05) is 0 Å². The number of hydrogen-bond donors (Lipinski definition) is 0. The summed E-state index contributed by atoms with van der Waals surface area (Å²) in [6.45, 7) is 2.34. The van der Waals surface area contributed by atoms with Crippen LogP contribution in [-0.2, 0) is 0 Å². The van der Waals surface area contributed by atoms with Gasteiger partial charge in [0.15, 0.2) is 0 Å². The molecule has 0 aliphatic heterocycles. The Morgan fingerprint density at radius 3 is 2.44 bits per heavy atom. The van der Waals surface area contributed by atoms with E-state index in [9.17, 15) is 0 Å². The van der Waals surface area contributed by atoms with E-state index >= 15 is 0 Å². The topological polar surface area (TPSA) is 0 Å². The van der Waals surface area contributed by atoms with Gasteiger partial charge in [-0.15, -0.1) is 9.24 Å². The summed E-state index contributed by atoms with van der Waals surface area (Å²) < 4.78 is 0. The van der Waals surface area contributed by atoms with Gasteiger partial charge in [-0.1, -0.05) is 22.9 Å². The summed E-state index contributed by atoms with van der Waals surface area (Å²) in [4.78, 5) is 0.781. The molecule has 9 heavy (non-hydrogen) atoms. The van der Waals surface area contributed by atoms with E-state index in [2.05, 4.69) is 32.1 Å². The molecule has 4 atom stereocenters. The van der Waals surface area contributed by atoms with E-state index in [1.54, 1.807) is 0 Å². The van der Waals surface area contributed by atoms with E-state index in [1.165, 1.54) is 19.3 Å². The van der Waals surface area contributed by atoms with E-state index in [1.807, 2.05) is 0 Å². The third-order valence-corrected chi connectivity index (χ3v) is 3.21. The molecule has 0 bridgehead atoms. The van der Waals surface area contributed by atoms with Crippen molar-refractivity contribution >= 4 is 25.2 Å². The molecule has 0 spiro atoms. The fourth-order valence-electron chi connectivity index (χ4n) is 1.57. The Kier molecular flexibility index (Phi) is 2.98. The van der Waals surface area contributed by atoms with Gasteiger partial charge >= 0.3 is 0 Å². The highest BCUT2D eigenvalue weighted by Crippen LogP contribution is 2.32. The Morgan fingerprint density at radius 1 is 1.33 bits per heavy atom. The maximum absolute atomic E-state index is 3.66. The Balaban J connectivity index is 2.34. The second kappa shape index (κ2) is 3.34. The van der Waals surface area contributed by atoms with Crippen molar-refractivity contribution in [3.05, 3.63) is 0 Å². The molecule has 0 radical (unpaired) electrons. The minimum atomic E-state index is 0.781. The van der Waals surface area contributed by atoms with Crippen LogP contribution in [0.2, 0.25) is 0 Å². The SMILES string of the molecule is CC1CC(P)CC(Br)C1. The van der Waals surface area contributed by atoms with Crippen LogP contribution in [0.25, 0.3) is 0 Å². The largest absolute Gasteiger partial charge is 0.134 e. The third kappa shape index (κ3) is 2.55. The van der Waals surface area contributed by atoms with Crippen LogP contribution in [0.4, 0.5) is 0 Å². The molecule has 1 aliphatic rings. The molecule has 0 heterocycles. The van der Waals surface area contributed by atoms with E-state index in [0.717, 1.165) is 16.4 Å². The quantitative estimate of drug-likeness (QED) is 0.425. The summed E-state index contributed by atoms with van der Waals surface area (Å²) in [6.07, 6.45) is 4.10. The lowest BCUT2D eigenvalue weighted by molar-refractivity contribution is 0.406. The van der Waals surface area contributed by atoms with Gasteiger partial charge in [0.05, 0.1) is 0 Å². The molecule has 0 aromatic heterocycles. The zero-order chi connectivity index (χ0) is 6.85. The normalized spacial score (nSPS) is 45.0. The van der Waals surface area contributed by atoms with Gasteiger partial charge in [0.1, 0.15) is 0 Å². The highest BCUT2D eigenvalue weighted by Gasteiger charge is 2.21. The van der Waals surface area contributed by atoms with Crippen molar-refractivity contribution in [2.24, 2.45) is 5.92 Å². The van der Waals surface area contributed by atoms with Crippen molar-refractivity contribution < 1.29 is 0 Å². The summed E-state index contributed by atoms with van der Waals surface area (Å²) in [5, 5.41) is 0. The van der Waals surface area contributed by atoms with Gasteiger partial charge in [0.2, 0.25) is 0 Å². The molecule has 0 nitrogen and oxygen atoms in total. The van der Waals surface area contributed by atoms with Gasteiger partial charge < -0.3 is 0 Å². The van der Waals surface area contributed by atoms with Crippen molar-refractivity contribution in [1.29, 1.82) is 0 Å². The minimum absolute atomic E-state index is 0.781. The van der Waals surface area contributed by atoms with Gasteiger partial charge in [-0.3, -0.25) is 0 Å². The zero-order valence-corrected chi connectivity index (χ0v) is 8.55. The molecule has 0 aromatic rings. The van der Waals surface area contributed by atoms with E-state index in [-0.39, 0.29) is 0 Å². The van der Waals surface area contributed by atoms with Gasteiger partial charge in [0, 0.05) is 4.83 Å². The first kappa shape index (κ1) is 8.01. The molecule has 1 aliphatic carbocycles. The van der Waals surface area contributed by atoms with Crippen molar-refractivity contribution in [2.45, 2.75) is 36.7 Å². The summed E-state index contributed by atoms with van der Waals surface area (Å²) in [7, 11) is 2.92. The summed E-state index contributed by atoms with van der Waals surface area (Å²) in [5.41, 5.74) is 0.859. The first-order valence-electron chi connectivity index (χ1n) is 3.58. The molecule has 1 fully saturated rings. The molecule has 1 rings (SSSR count). The molecule has 0 N–H and O–H groups in total. The highest BCUT2D eigenvalue weighted by atomic mass is 79.9. The Morgan fingerprint density at radius 2 is 2.00 bits per heavy atom. The van der Waals surface area contributed by atoms with Crippen LogP contribution in [-0.4, -0.2) is 10.5 Å². The lowest BCUT2D eigenvalue weighted by Crippen LogP contribution is -2.20. The summed E-state index contributed by atoms with van der Waals surface area (Å²) in [5.74, 6) is 0.922. The van der Waals surface area contributed by atoms with E-state index in [4.69, 9.17) is 0 Å². The van der Waals surface area contributed by atoms with Gasteiger partial charge in [-0.2, -0.15) is 0 Å². The Bertz CT molecular complexity index is 69.9. The lowest BCUT2D eigenvalue weighted by atomic mass is 9.90. The first-order chi connectivity index (χ1) is 4.18. The van der Waals surface area contributed by atoms with Crippen LogP contribution in [0.5, 0.6) is 0 Å². The standard InChI is InChI=1S/C7H14BrP/c1-5-2-6(8)4-7(9)3-5/h5-7H,2-4,9H2,1H3. The maximum Gasteiger partial charge on any atom is 0.0154 e. The van der Waals surface area contributed by atoms with Crippen LogP contribution in [0.15, 0.2) is 0 Å². The molecular weight excluding hydrogens is 195 g/mol. The van der Waals surface area contributed by atoms with Crippen LogP contribution < -0.4 is 0 Å². The van der Waals surface area contributed by atoms with Crippen LogP contribution in [0.1, 0.15) is 26.2 Å². The molecular formula is C7H14BrP. The predicted octanol–water partition coefficient (Wildman–Crippen LogP) is 2.81. The first-order valence-corrected chi connectivity index (χ1v) is 5.16. The zero-order valence-electron chi connectivity index (χ0n) is 5.81. The molecule has 4 unspecified atom stereocenters. The molecule has 0 aromatic carbocycles. The van der Waals surface area contributed by atoms with Gasteiger partial charge in [-0.25, -0.2) is 0 Å². The summed E-state index contributed by atoms with van der Waals surface area (Å²) >= 11 is 3.66. The fourth-order valence-corrected chi connectivity index (χ4v) is 3.88. The molecule has 1 saturated carbocycles. The molecule has 2 heteroatoms. The van der Waals surface area contributed by atoms with Crippen molar-refractivity contribution in [3.63, 3.8) is 0 Å². The maximum atomic E-state index is 3.66. The average Bonchev–Trinajstić information content (AvgIpc) is 1.59. The predicted molar refractivity (Wildman–Crippen MR) is 49.2 cm³/mol. The highest BCUT2D eigenvalue weighted by molar-refractivity contribution is 9.09. The van der Waals surface area contributed by atoms with E-state index in [0.29, 0.717) is 0 Å². The lowest BCUT2D eigenvalue weighted by Gasteiger charge is -2.27. The third-order valence-electron chi connectivity index (χ3n) is 1.92. The van der Waals surface area contributed by atoms with E-state index < -0.39 is 0 Å². The Labute approximate surface area is 68.1 Å². The van der Waals surface area contributed by atoms with Crippen LogP contribution in [0.3, 0.4) is 0 Å². The number of hydrogen-bond acceptors (Lipinski definition) is 0. The summed E-state index contributed by atoms with van der Waals surface area (Å²) in [6, 6.07) is 0. The number of rotatable bonds is 0. The number of halogens is 1. The molecule has 54 valence electrons. The minimum Gasteiger partial charge on any atom is -0.134 e. The second-order valence-electron chi connectivity index (χ2n) is 3.17. The van der Waals surface area contributed by atoms with Crippen LogP contribution in [0, 0.1) is 5.92 Å². The molecule has 0 saturated heterocycles. The monoisotopic (exact) mass is 208 g/mol. The fraction of sp³-hybridized carbons (Fsp3) is 1.00.